The molecule has 0 spiro atoms. The van der Waals surface area contributed by atoms with Gasteiger partial charge in [0.25, 0.3) is 0 Å². The molecule has 1 aliphatic rings. The maximum atomic E-state index is 11.9. The number of benzene rings is 2. The molecule has 0 unspecified atom stereocenters. The molecule has 1 fully saturated rings. The largest absolute Gasteiger partial charge is 0.447 e. The second-order valence-electron chi connectivity index (χ2n) is 4.91. The Bertz CT molecular complexity index is 701. The SMILES string of the molecule is O=C1OCCN1C(Cc1ccccc1)=Nc1ccccc1I. The molecule has 0 aromatic heterocycles. The number of cyclic esters (lactones) is 1. The molecule has 1 amide bonds. The van der Waals surface area contributed by atoms with Crippen LogP contribution in [0.5, 0.6) is 0 Å². The first-order valence-corrected chi connectivity index (χ1v) is 8.12. The first-order chi connectivity index (χ1) is 10.7. The molecule has 0 N–H and O–H groups in total. The lowest BCUT2D eigenvalue weighted by Crippen LogP contribution is -2.33. The van der Waals surface area contributed by atoms with Gasteiger partial charge in [0.15, 0.2) is 0 Å². The van der Waals surface area contributed by atoms with Crippen molar-refractivity contribution in [2.45, 2.75) is 6.42 Å². The van der Waals surface area contributed by atoms with E-state index in [2.05, 4.69) is 22.6 Å². The summed E-state index contributed by atoms with van der Waals surface area (Å²) in [5, 5.41) is 0. The van der Waals surface area contributed by atoms with Gasteiger partial charge in [-0.15, -0.1) is 0 Å². The normalized spacial score (nSPS) is 15.0. The van der Waals surface area contributed by atoms with Crippen LogP contribution in [0.25, 0.3) is 0 Å². The molecule has 2 aromatic rings. The van der Waals surface area contributed by atoms with Gasteiger partial charge in [0, 0.05) is 9.99 Å². The Labute approximate surface area is 142 Å². The maximum absolute atomic E-state index is 11.9. The molecular formula is C17H15IN2O2. The number of rotatable bonds is 3. The fourth-order valence-corrected chi connectivity index (χ4v) is 2.79. The average molecular weight is 406 g/mol. The first-order valence-electron chi connectivity index (χ1n) is 7.04. The summed E-state index contributed by atoms with van der Waals surface area (Å²) in [4.78, 5) is 18.2. The van der Waals surface area contributed by atoms with Gasteiger partial charge < -0.3 is 4.74 Å². The summed E-state index contributed by atoms with van der Waals surface area (Å²) in [6.45, 7) is 0.965. The summed E-state index contributed by atoms with van der Waals surface area (Å²) in [6, 6.07) is 17.9. The third kappa shape index (κ3) is 3.47. The van der Waals surface area contributed by atoms with E-state index >= 15 is 0 Å². The fraction of sp³-hybridized carbons (Fsp3) is 0.176. The Morgan fingerprint density at radius 3 is 2.55 bits per heavy atom. The molecule has 0 bridgehead atoms. The van der Waals surface area contributed by atoms with Crippen molar-refractivity contribution in [1.29, 1.82) is 0 Å². The number of hydrogen-bond donors (Lipinski definition) is 0. The van der Waals surface area contributed by atoms with Gasteiger partial charge in [-0.05, 0) is 40.3 Å². The van der Waals surface area contributed by atoms with Crippen LogP contribution in [-0.4, -0.2) is 30.0 Å². The summed E-state index contributed by atoms with van der Waals surface area (Å²) in [5.41, 5.74) is 1.99. The zero-order chi connectivity index (χ0) is 15.4. The van der Waals surface area contributed by atoms with Crippen molar-refractivity contribution in [2.75, 3.05) is 13.2 Å². The summed E-state index contributed by atoms with van der Waals surface area (Å²) in [7, 11) is 0. The van der Waals surface area contributed by atoms with Crippen LogP contribution in [0.3, 0.4) is 0 Å². The van der Waals surface area contributed by atoms with Crippen molar-refractivity contribution in [3.8, 4) is 0 Å². The Balaban J connectivity index is 1.95. The molecule has 4 nitrogen and oxygen atoms in total. The fourth-order valence-electron chi connectivity index (χ4n) is 2.28. The third-order valence-electron chi connectivity index (χ3n) is 3.38. The van der Waals surface area contributed by atoms with Crippen molar-refractivity contribution in [2.24, 2.45) is 4.99 Å². The minimum absolute atomic E-state index is 0.319. The molecular weight excluding hydrogens is 391 g/mol. The third-order valence-corrected chi connectivity index (χ3v) is 4.29. The van der Waals surface area contributed by atoms with E-state index in [1.54, 1.807) is 4.90 Å². The quantitative estimate of drug-likeness (QED) is 0.439. The highest BCUT2D eigenvalue weighted by molar-refractivity contribution is 14.1. The smallest absolute Gasteiger partial charge is 0.415 e. The summed E-state index contributed by atoms with van der Waals surface area (Å²) in [5.74, 6) is 0.720. The number of halogens is 1. The topological polar surface area (TPSA) is 41.9 Å². The van der Waals surface area contributed by atoms with E-state index in [9.17, 15) is 4.79 Å². The molecule has 0 atom stereocenters. The molecule has 112 valence electrons. The molecule has 0 radical (unpaired) electrons. The van der Waals surface area contributed by atoms with Gasteiger partial charge in [-0.3, -0.25) is 4.90 Å². The number of nitrogens with zero attached hydrogens (tertiary/aromatic N) is 2. The van der Waals surface area contributed by atoms with Gasteiger partial charge in [-0.1, -0.05) is 42.5 Å². The van der Waals surface area contributed by atoms with E-state index in [-0.39, 0.29) is 6.09 Å². The molecule has 1 saturated heterocycles. The lowest BCUT2D eigenvalue weighted by atomic mass is 10.1. The number of hydrogen-bond acceptors (Lipinski definition) is 3. The summed E-state index contributed by atoms with van der Waals surface area (Å²) in [6.07, 6.45) is 0.279. The number of aliphatic imine (C=N–C) groups is 1. The van der Waals surface area contributed by atoms with E-state index in [0.717, 1.165) is 20.7 Å². The van der Waals surface area contributed by atoms with E-state index < -0.39 is 0 Å². The van der Waals surface area contributed by atoms with Crippen LogP contribution in [0.4, 0.5) is 10.5 Å². The van der Waals surface area contributed by atoms with E-state index in [4.69, 9.17) is 9.73 Å². The molecule has 3 rings (SSSR count). The van der Waals surface area contributed by atoms with Crippen LogP contribution in [0.2, 0.25) is 0 Å². The Morgan fingerprint density at radius 2 is 1.86 bits per heavy atom. The van der Waals surface area contributed by atoms with Crippen LogP contribution >= 0.6 is 22.6 Å². The molecule has 1 aliphatic heterocycles. The summed E-state index contributed by atoms with van der Waals surface area (Å²) >= 11 is 2.25. The number of ether oxygens (including phenoxy) is 1. The zero-order valence-electron chi connectivity index (χ0n) is 11.9. The lowest BCUT2D eigenvalue weighted by molar-refractivity contribution is 0.168. The maximum Gasteiger partial charge on any atom is 0.415 e. The first kappa shape index (κ1) is 15.0. The average Bonchev–Trinajstić information content (AvgIpc) is 2.96. The van der Waals surface area contributed by atoms with Crippen LogP contribution in [0.15, 0.2) is 59.6 Å². The highest BCUT2D eigenvalue weighted by Gasteiger charge is 2.27. The van der Waals surface area contributed by atoms with Crippen molar-refractivity contribution >= 4 is 40.2 Å². The number of amidine groups is 1. The second-order valence-corrected chi connectivity index (χ2v) is 6.07. The minimum Gasteiger partial charge on any atom is -0.447 e. The number of para-hydroxylation sites is 1. The Hall–Kier alpha value is -1.89. The monoisotopic (exact) mass is 406 g/mol. The zero-order valence-corrected chi connectivity index (χ0v) is 14.1. The standard InChI is InChI=1S/C17H15IN2O2/c18-14-8-4-5-9-15(14)19-16(20-10-11-22-17(20)21)12-13-6-2-1-3-7-13/h1-9H,10-12H2. The Kier molecular flexibility index (Phi) is 4.72. The van der Waals surface area contributed by atoms with Crippen LogP contribution in [-0.2, 0) is 11.2 Å². The molecule has 5 heteroatoms. The highest BCUT2D eigenvalue weighted by atomic mass is 127. The van der Waals surface area contributed by atoms with E-state index in [1.807, 2.05) is 54.6 Å². The predicted molar refractivity (Wildman–Crippen MR) is 94.5 cm³/mol. The van der Waals surface area contributed by atoms with Crippen molar-refractivity contribution < 1.29 is 9.53 Å². The van der Waals surface area contributed by atoms with Crippen molar-refractivity contribution in [3.05, 3.63) is 63.7 Å². The van der Waals surface area contributed by atoms with Crippen molar-refractivity contribution in [1.82, 2.24) is 4.90 Å². The lowest BCUT2D eigenvalue weighted by Gasteiger charge is -2.16. The number of amides is 1. The van der Waals surface area contributed by atoms with Gasteiger partial charge in [0.1, 0.15) is 12.4 Å². The molecule has 0 aliphatic carbocycles. The summed E-state index contributed by atoms with van der Waals surface area (Å²) < 4.78 is 6.11. The van der Waals surface area contributed by atoms with Crippen molar-refractivity contribution in [3.63, 3.8) is 0 Å². The minimum atomic E-state index is -0.319. The van der Waals surface area contributed by atoms with Gasteiger partial charge in [0.2, 0.25) is 0 Å². The highest BCUT2D eigenvalue weighted by Crippen LogP contribution is 2.22. The molecule has 2 aromatic carbocycles. The number of carbonyl (C=O) groups is 1. The van der Waals surface area contributed by atoms with Crippen LogP contribution < -0.4 is 0 Å². The van der Waals surface area contributed by atoms with Gasteiger partial charge in [-0.2, -0.15) is 0 Å². The van der Waals surface area contributed by atoms with Gasteiger partial charge >= 0.3 is 6.09 Å². The number of carbonyl (C=O) groups excluding carboxylic acids is 1. The van der Waals surface area contributed by atoms with E-state index in [0.29, 0.717) is 19.6 Å². The van der Waals surface area contributed by atoms with Crippen LogP contribution in [0.1, 0.15) is 5.56 Å². The molecule has 0 saturated carbocycles. The molecule has 1 heterocycles. The van der Waals surface area contributed by atoms with Gasteiger partial charge in [0.05, 0.1) is 12.2 Å². The second kappa shape index (κ2) is 6.91. The van der Waals surface area contributed by atoms with E-state index in [1.165, 1.54) is 0 Å². The predicted octanol–water partition coefficient (Wildman–Crippen LogP) is 4.02. The van der Waals surface area contributed by atoms with Crippen LogP contribution in [0, 0.1) is 3.57 Å². The Morgan fingerprint density at radius 1 is 1.14 bits per heavy atom. The molecule has 22 heavy (non-hydrogen) atoms. The van der Waals surface area contributed by atoms with Gasteiger partial charge in [-0.25, -0.2) is 9.79 Å².